The lowest BCUT2D eigenvalue weighted by molar-refractivity contribution is 0.0943. The molecule has 6 nitrogen and oxygen atoms in total. The highest BCUT2D eigenvalue weighted by Gasteiger charge is 2.24. The molecule has 2 saturated heterocycles. The van der Waals surface area contributed by atoms with Crippen molar-refractivity contribution in [3.05, 3.63) is 29.3 Å². The van der Waals surface area contributed by atoms with E-state index in [9.17, 15) is 9.59 Å². The summed E-state index contributed by atoms with van der Waals surface area (Å²) in [4.78, 5) is 28.1. The molecule has 0 saturated carbocycles. The molecular weight excluding hydrogens is 292 g/mol. The summed E-state index contributed by atoms with van der Waals surface area (Å²) in [5, 5.41) is 5.81. The van der Waals surface area contributed by atoms with Gasteiger partial charge in [0, 0.05) is 36.9 Å². The number of carbonyl (C=O) groups excluding carboxylic acids is 2. The number of benzene rings is 1. The van der Waals surface area contributed by atoms with Crippen LogP contribution in [-0.2, 0) is 0 Å². The highest BCUT2D eigenvalue weighted by atomic mass is 16.2. The number of nitrogens with zero attached hydrogens (tertiary/aromatic N) is 2. The topological polar surface area (TPSA) is 64.7 Å². The summed E-state index contributed by atoms with van der Waals surface area (Å²) >= 11 is 0. The standard InChI is InChI=1S/C17H24N4O2/c1-12-10-13(5-6-15(12)21-9-7-18-17(21)23)16(22)19-11-14-4-3-8-20(14)2/h5-6,10,14H,3-4,7-9,11H2,1-2H3,(H,18,23)(H,19,22)/t14-/m0/s1. The minimum absolute atomic E-state index is 0.0502. The van der Waals surface area contributed by atoms with Crippen LogP contribution in [0.5, 0.6) is 0 Å². The fraction of sp³-hybridized carbons (Fsp3) is 0.529. The lowest BCUT2D eigenvalue weighted by Crippen LogP contribution is -2.38. The van der Waals surface area contributed by atoms with E-state index in [0.717, 1.165) is 24.2 Å². The monoisotopic (exact) mass is 316 g/mol. The van der Waals surface area contributed by atoms with Crippen LogP contribution in [0, 0.1) is 6.92 Å². The molecule has 0 aromatic heterocycles. The Morgan fingerprint density at radius 1 is 1.39 bits per heavy atom. The van der Waals surface area contributed by atoms with Gasteiger partial charge in [0.15, 0.2) is 0 Å². The van der Waals surface area contributed by atoms with Crippen LogP contribution < -0.4 is 15.5 Å². The average molecular weight is 316 g/mol. The van der Waals surface area contributed by atoms with E-state index in [2.05, 4.69) is 22.6 Å². The number of likely N-dealkylation sites (tertiary alicyclic amines) is 1. The zero-order valence-corrected chi connectivity index (χ0v) is 13.8. The first-order chi connectivity index (χ1) is 11.1. The number of anilines is 1. The second-order valence-corrected chi connectivity index (χ2v) is 6.37. The highest BCUT2D eigenvalue weighted by Crippen LogP contribution is 2.23. The number of aryl methyl sites for hydroxylation is 1. The maximum absolute atomic E-state index is 12.3. The maximum atomic E-state index is 12.3. The van der Waals surface area contributed by atoms with Gasteiger partial charge in [-0.05, 0) is 57.1 Å². The Hall–Kier alpha value is -2.08. The lowest BCUT2D eigenvalue weighted by Gasteiger charge is -2.20. The maximum Gasteiger partial charge on any atom is 0.322 e. The number of carbonyl (C=O) groups is 2. The molecule has 0 unspecified atom stereocenters. The van der Waals surface area contributed by atoms with Gasteiger partial charge in [0.2, 0.25) is 0 Å². The van der Waals surface area contributed by atoms with Gasteiger partial charge in [-0.2, -0.15) is 0 Å². The van der Waals surface area contributed by atoms with Crippen molar-refractivity contribution in [2.45, 2.75) is 25.8 Å². The number of urea groups is 1. The molecule has 0 radical (unpaired) electrons. The van der Waals surface area contributed by atoms with E-state index in [1.807, 2.05) is 19.1 Å². The molecule has 2 N–H and O–H groups in total. The van der Waals surface area contributed by atoms with Crippen molar-refractivity contribution >= 4 is 17.6 Å². The van der Waals surface area contributed by atoms with Gasteiger partial charge in [-0.1, -0.05) is 0 Å². The van der Waals surface area contributed by atoms with E-state index >= 15 is 0 Å². The van der Waals surface area contributed by atoms with E-state index < -0.39 is 0 Å². The van der Waals surface area contributed by atoms with Crippen molar-refractivity contribution in [3.63, 3.8) is 0 Å². The summed E-state index contributed by atoms with van der Waals surface area (Å²) in [5.41, 5.74) is 2.45. The van der Waals surface area contributed by atoms with Crippen molar-refractivity contribution in [1.29, 1.82) is 0 Å². The summed E-state index contributed by atoms with van der Waals surface area (Å²) in [7, 11) is 2.10. The summed E-state index contributed by atoms with van der Waals surface area (Å²) in [6.07, 6.45) is 2.33. The second kappa shape index (κ2) is 6.58. The third kappa shape index (κ3) is 3.32. The van der Waals surface area contributed by atoms with Crippen LogP contribution >= 0.6 is 0 Å². The first kappa shape index (κ1) is 15.8. The first-order valence-corrected chi connectivity index (χ1v) is 8.20. The van der Waals surface area contributed by atoms with Crippen LogP contribution in [0.2, 0.25) is 0 Å². The summed E-state index contributed by atoms with van der Waals surface area (Å²) < 4.78 is 0. The van der Waals surface area contributed by atoms with Gasteiger partial charge in [0.25, 0.3) is 5.91 Å². The molecule has 2 fully saturated rings. The highest BCUT2D eigenvalue weighted by molar-refractivity contribution is 5.97. The van der Waals surface area contributed by atoms with E-state index in [1.165, 1.54) is 6.42 Å². The Kier molecular flexibility index (Phi) is 4.52. The number of amides is 3. The van der Waals surface area contributed by atoms with Gasteiger partial charge in [-0.15, -0.1) is 0 Å². The Morgan fingerprint density at radius 3 is 2.83 bits per heavy atom. The quantitative estimate of drug-likeness (QED) is 0.881. The molecule has 23 heavy (non-hydrogen) atoms. The van der Waals surface area contributed by atoms with Crippen LogP contribution in [0.3, 0.4) is 0 Å². The lowest BCUT2D eigenvalue weighted by atomic mass is 10.1. The fourth-order valence-corrected chi connectivity index (χ4v) is 3.35. The summed E-state index contributed by atoms with van der Waals surface area (Å²) in [6, 6.07) is 5.87. The molecule has 6 heteroatoms. The van der Waals surface area contributed by atoms with Crippen LogP contribution in [0.1, 0.15) is 28.8 Å². The first-order valence-electron chi connectivity index (χ1n) is 8.20. The molecule has 1 atom stereocenters. The molecule has 0 aliphatic carbocycles. The van der Waals surface area contributed by atoms with Crippen molar-refractivity contribution in [2.24, 2.45) is 0 Å². The number of rotatable bonds is 4. The summed E-state index contributed by atoms with van der Waals surface area (Å²) in [5.74, 6) is -0.0502. The second-order valence-electron chi connectivity index (χ2n) is 6.37. The molecule has 0 bridgehead atoms. The predicted molar refractivity (Wildman–Crippen MR) is 89.9 cm³/mol. The van der Waals surface area contributed by atoms with Crippen LogP contribution in [-0.4, -0.2) is 56.1 Å². The zero-order chi connectivity index (χ0) is 16.4. The third-order valence-electron chi connectivity index (χ3n) is 4.78. The Morgan fingerprint density at radius 2 is 2.22 bits per heavy atom. The van der Waals surface area contributed by atoms with Crippen LogP contribution in [0.4, 0.5) is 10.5 Å². The number of likely N-dealkylation sites (N-methyl/N-ethyl adjacent to an activating group) is 1. The van der Waals surface area contributed by atoms with Gasteiger partial charge < -0.3 is 15.5 Å². The van der Waals surface area contributed by atoms with E-state index in [1.54, 1.807) is 11.0 Å². The van der Waals surface area contributed by atoms with Gasteiger partial charge in [0.05, 0.1) is 0 Å². The van der Waals surface area contributed by atoms with Crippen molar-refractivity contribution in [3.8, 4) is 0 Å². The van der Waals surface area contributed by atoms with Gasteiger partial charge in [-0.3, -0.25) is 9.69 Å². The van der Waals surface area contributed by atoms with E-state index in [-0.39, 0.29) is 11.9 Å². The molecule has 3 rings (SSSR count). The van der Waals surface area contributed by atoms with Crippen LogP contribution in [0.25, 0.3) is 0 Å². The zero-order valence-electron chi connectivity index (χ0n) is 13.8. The number of hydrogen-bond donors (Lipinski definition) is 2. The molecule has 0 spiro atoms. The molecule has 1 aromatic carbocycles. The molecule has 124 valence electrons. The molecular formula is C17H24N4O2. The largest absolute Gasteiger partial charge is 0.350 e. The SMILES string of the molecule is Cc1cc(C(=O)NC[C@@H]2CCCN2C)ccc1N1CCNC1=O. The molecule has 2 heterocycles. The average Bonchev–Trinajstić information content (AvgIpc) is 3.13. The molecule has 2 aliphatic rings. The number of hydrogen-bond acceptors (Lipinski definition) is 3. The van der Waals surface area contributed by atoms with Gasteiger partial charge >= 0.3 is 6.03 Å². The van der Waals surface area contributed by atoms with E-state index in [0.29, 0.717) is 31.2 Å². The normalized spacial score (nSPS) is 21.6. The molecule has 2 aliphatic heterocycles. The summed E-state index contributed by atoms with van der Waals surface area (Å²) in [6.45, 7) is 5.05. The molecule has 1 aromatic rings. The van der Waals surface area contributed by atoms with E-state index in [4.69, 9.17) is 0 Å². The van der Waals surface area contributed by atoms with Crippen molar-refractivity contribution in [2.75, 3.05) is 38.1 Å². The van der Waals surface area contributed by atoms with Gasteiger partial charge in [-0.25, -0.2) is 4.79 Å². The predicted octanol–water partition coefficient (Wildman–Crippen LogP) is 1.35. The smallest absolute Gasteiger partial charge is 0.322 e. The van der Waals surface area contributed by atoms with Crippen molar-refractivity contribution < 1.29 is 9.59 Å². The Labute approximate surface area is 136 Å². The van der Waals surface area contributed by atoms with Crippen molar-refractivity contribution in [1.82, 2.24) is 15.5 Å². The Balaban J connectivity index is 1.65. The Bertz CT molecular complexity index is 617. The molecule has 3 amide bonds. The fourth-order valence-electron chi connectivity index (χ4n) is 3.35. The third-order valence-corrected chi connectivity index (χ3v) is 4.78. The van der Waals surface area contributed by atoms with Gasteiger partial charge in [0.1, 0.15) is 0 Å². The van der Waals surface area contributed by atoms with Crippen LogP contribution in [0.15, 0.2) is 18.2 Å². The minimum atomic E-state index is -0.0745. The minimum Gasteiger partial charge on any atom is -0.350 e. The number of nitrogens with one attached hydrogen (secondary N) is 2.